The van der Waals surface area contributed by atoms with Crippen LogP contribution < -0.4 is 31.5 Å². The Kier molecular flexibility index (Phi) is 13.7. The van der Waals surface area contributed by atoms with Crippen molar-refractivity contribution in [2.45, 2.75) is 25.9 Å². The molecule has 306 valence electrons. The van der Waals surface area contributed by atoms with Gasteiger partial charge in [0.25, 0.3) is 21.9 Å². The van der Waals surface area contributed by atoms with Crippen LogP contribution in [0.3, 0.4) is 0 Å². The number of hydrogen-bond donors (Lipinski definition) is 7. The summed E-state index contributed by atoms with van der Waals surface area (Å²) in [6, 6.07) is 19.8. The van der Waals surface area contributed by atoms with E-state index in [1.165, 1.54) is 13.8 Å². The number of carbonyl (C=O) groups is 4. The van der Waals surface area contributed by atoms with Crippen LogP contribution in [0.15, 0.2) is 115 Å². The first-order valence-corrected chi connectivity index (χ1v) is 19.1. The summed E-state index contributed by atoms with van der Waals surface area (Å²) in [5.74, 6) is -1.90. The van der Waals surface area contributed by atoms with E-state index in [0.29, 0.717) is 51.2 Å². The second-order valence-electron chi connectivity index (χ2n) is 12.5. The van der Waals surface area contributed by atoms with Gasteiger partial charge < -0.3 is 40.0 Å². The van der Waals surface area contributed by atoms with Crippen molar-refractivity contribution < 1.29 is 41.6 Å². The third kappa shape index (κ3) is 12.5. The van der Waals surface area contributed by atoms with E-state index in [1.807, 2.05) is 0 Å². The number of aromatic amines is 4. The minimum atomic E-state index is -3.67. The van der Waals surface area contributed by atoms with Gasteiger partial charge in [-0.3, -0.25) is 23.7 Å². The quantitative estimate of drug-likeness (QED) is 0.0330. The lowest BCUT2D eigenvalue weighted by Crippen LogP contribution is -2.31. The largest absolute Gasteiger partial charge is 0.488 e. The number of benzene rings is 4. The Labute approximate surface area is 333 Å². The lowest BCUT2D eigenvalue weighted by Gasteiger charge is -2.12. The maximum Gasteiger partial charge on any atom is 0.323 e. The highest BCUT2D eigenvalue weighted by Gasteiger charge is 2.25. The summed E-state index contributed by atoms with van der Waals surface area (Å²) in [6.45, 7) is 2.51. The van der Waals surface area contributed by atoms with Crippen LogP contribution in [0.25, 0.3) is 22.1 Å². The number of rotatable bonds is 15. The van der Waals surface area contributed by atoms with Crippen molar-refractivity contribution >= 4 is 78.3 Å². The summed E-state index contributed by atoms with van der Waals surface area (Å²) in [6.07, 6.45) is 0.715. The highest BCUT2D eigenvalue weighted by Crippen LogP contribution is 2.30. The number of H-pyrrole nitrogens is 4. The molecule has 0 aliphatic carbocycles. The van der Waals surface area contributed by atoms with E-state index in [1.54, 1.807) is 84.9 Å². The molecule has 2 heterocycles. The lowest BCUT2D eigenvalue weighted by molar-refractivity contribution is -0.127. The van der Waals surface area contributed by atoms with Gasteiger partial charge in [0.15, 0.2) is 11.6 Å². The number of nitrogens with one attached hydrogen (secondary N) is 6. The molecule has 7 N–H and O–H groups in total. The standard InChI is InChI=1S/C36H32N10O8.CH4O3S/c1-19(47)31(33(49)37-21-11-13-23-27(17-21)41-35(51)39-23)45-43-25-7-3-5-9-29(25)53-15-16-54-30-10-6-4-8-26(30)44-46-32(20(2)48)34(50)38-22-12-14-24-28(18-22)42-36(52)40-24;1-5(2,3)4/h3-14,17-18,31-32H,15-16H2,1-2H3,(H,37,49)(H,38,50)(H2,39,41,51)(H2,40,42,52);1H3,(H,2,3,4). The Balaban J connectivity index is 0.00000125. The summed E-state index contributed by atoms with van der Waals surface area (Å²) in [5.41, 5.74) is 2.50. The Morgan fingerprint density at radius 1 is 0.627 bits per heavy atom. The number of anilines is 2. The van der Waals surface area contributed by atoms with Gasteiger partial charge in [0.05, 0.1) is 28.3 Å². The molecular formula is C37H36N10O11S. The van der Waals surface area contributed by atoms with E-state index in [-0.39, 0.29) is 24.6 Å². The van der Waals surface area contributed by atoms with E-state index in [0.717, 1.165) is 0 Å². The van der Waals surface area contributed by atoms with Gasteiger partial charge >= 0.3 is 11.4 Å². The fraction of sp³-hybridized carbons (Fsp3) is 0.189. The topological polar surface area (TPSA) is 312 Å². The van der Waals surface area contributed by atoms with E-state index < -0.39 is 57.0 Å². The summed E-state index contributed by atoms with van der Waals surface area (Å²) >= 11 is 0. The van der Waals surface area contributed by atoms with Crippen molar-refractivity contribution in [3.05, 3.63) is 106 Å². The second kappa shape index (κ2) is 19.0. The number of nitrogens with zero attached hydrogens (tertiary/aromatic N) is 4. The molecule has 0 aliphatic heterocycles. The molecule has 22 heteroatoms. The van der Waals surface area contributed by atoms with Gasteiger partial charge in [0, 0.05) is 11.4 Å². The van der Waals surface area contributed by atoms with E-state index in [2.05, 4.69) is 51.0 Å². The first kappa shape index (κ1) is 42.6. The number of Topliss-reactive ketones (excluding diaryl/α,β-unsaturated/α-hetero) is 2. The van der Waals surface area contributed by atoms with E-state index in [4.69, 9.17) is 14.0 Å². The van der Waals surface area contributed by atoms with Crippen LogP contribution in [-0.4, -0.2) is 87.8 Å². The molecule has 0 bridgehead atoms. The number of imidazole rings is 2. The van der Waals surface area contributed by atoms with E-state index >= 15 is 0 Å². The molecule has 0 aliphatic rings. The van der Waals surface area contributed by atoms with Crippen LogP contribution in [-0.2, 0) is 29.3 Å². The van der Waals surface area contributed by atoms with Crippen molar-refractivity contribution in [1.29, 1.82) is 0 Å². The average molecular weight is 829 g/mol. The lowest BCUT2D eigenvalue weighted by atomic mass is 10.2. The fourth-order valence-electron chi connectivity index (χ4n) is 5.15. The highest BCUT2D eigenvalue weighted by molar-refractivity contribution is 7.85. The van der Waals surface area contributed by atoms with Crippen LogP contribution in [0.4, 0.5) is 22.7 Å². The number of carbonyl (C=O) groups excluding carboxylic acids is 4. The fourth-order valence-corrected chi connectivity index (χ4v) is 5.15. The molecule has 2 atom stereocenters. The van der Waals surface area contributed by atoms with Crippen molar-refractivity contribution in [2.75, 3.05) is 30.1 Å². The number of azo groups is 2. The van der Waals surface area contributed by atoms with Gasteiger partial charge in [-0.05, 0) is 74.5 Å². The summed E-state index contributed by atoms with van der Waals surface area (Å²) in [7, 11) is -3.67. The number of fused-ring (bicyclic) bond motifs is 2. The van der Waals surface area contributed by atoms with Crippen molar-refractivity contribution in [2.24, 2.45) is 20.5 Å². The molecule has 6 aromatic rings. The third-order valence-corrected chi connectivity index (χ3v) is 7.72. The first-order chi connectivity index (χ1) is 28.0. The Morgan fingerprint density at radius 3 is 1.36 bits per heavy atom. The number of ketones is 2. The number of hydrogen-bond acceptors (Lipinski definition) is 14. The van der Waals surface area contributed by atoms with Gasteiger partial charge in [-0.2, -0.15) is 28.9 Å². The monoisotopic (exact) mass is 828 g/mol. The Hall–Kier alpha value is -7.59. The van der Waals surface area contributed by atoms with Crippen LogP contribution in [0.1, 0.15) is 13.8 Å². The normalized spacial score (nSPS) is 12.5. The zero-order valence-electron chi connectivity index (χ0n) is 31.4. The van der Waals surface area contributed by atoms with Gasteiger partial charge in [-0.25, -0.2) is 9.59 Å². The Bertz CT molecular complexity index is 2620. The zero-order chi connectivity index (χ0) is 42.7. The number of aromatic nitrogens is 4. The van der Waals surface area contributed by atoms with Crippen LogP contribution in [0, 0.1) is 0 Å². The van der Waals surface area contributed by atoms with Crippen LogP contribution in [0.5, 0.6) is 11.5 Å². The van der Waals surface area contributed by atoms with Gasteiger partial charge in [0.1, 0.15) is 36.1 Å². The molecule has 0 spiro atoms. The molecule has 0 saturated carbocycles. The predicted octanol–water partition coefficient (Wildman–Crippen LogP) is 4.35. The number of ether oxygens (including phenoxy) is 2. The average Bonchev–Trinajstić information content (AvgIpc) is 3.73. The zero-order valence-corrected chi connectivity index (χ0v) is 32.2. The minimum absolute atomic E-state index is 0.0353. The van der Waals surface area contributed by atoms with Crippen molar-refractivity contribution in [1.82, 2.24) is 19.9 Å². The summed E-state index contributed by atoms with van der Waals surface area (Å²) in [4.78, 5) is 84.2. The van der Waals surface area contributed by atoms with Crippen LogP contribution in [0.2, 0.25) is 0 Å². The first-order valence-electron chi connectivity index (χ1n) is 17.3. The maximum absolute atomic E-state index is 13.0. The third-order valence-electron chi connectivity index (χ3n) is 7.72. The summed E-state index contributed by atoms with van der Waals surface area (Å²) < 4.78 is 37.6. The number of para-hydroxylation sites is 2. The maximum atomic E-state index is 13.0. The molecular weight excluding hydrogens is 793 g/mol. The predicted molar refractivity (Wildman–Crippen MR) is 214 cm³/mol. The Morgan fingerprint density at radius 2 is 0.983 bits per heavy atom. The van der Waals surface area contributed by atoms with Gasteiger partial charge in [-0.1, -0.05) is 24.3 Å². The summed E-state index contributed by atoms with van der Waals surface area (Å²) in [5, 5.41) is 21.5. The smallest absolute Gasteiger partial charge is 0.323 e. The second-order valence-corrected chi connectivity index (χ2v) is 13.9. The molecule has 2 amide bonds. The minimum Gasteiger partial charge on any atom is -0.488 e. The van der Waals surface area contributed by atoms with Crippen molar-refractivity contribution in [3.63, 3.8) is 0 Å². The molecule has 21 nitrogen and oxygen atoms in total. The SMILES string of the molecule is CC(=O)C(N=Nc1ccccc1OCCOc1ccccc1N=NC(C(C)=O)C(=O)Nc1ccc2[nH]c(=O)[nH]c2c1)C(=O)Nc1ccc2[nH]c(=O)[nH]c2c1.CS(=O)(=O)O. The van der Waals surface area contributed by atoms with Crippen LogP contribution >= 0.6 is 0 Å². The highest BCUT2D eigenvalue weighted by atomic mass is 32.2. The number of amides is 2. The molecule has 4 aromatic carbocycles. The molecule has 0 radical (unpaired) electrons. The van der Waals surface area contributed by atoms with Gasteiger partial charge in [0.2, 0.25) is 12.1 Å². The van der Waals surface area contributed by atoms with Gasteiger partial charge in [-0.15, -0.1) is 0 Å². The van der Waals surface area contributed by atoms with E-state index in [9.17, 15) is 37.2 Å². The molecule has 0 saturated heterocycles. The van der Waals surface area contributed by atoms with Crippen molar-refractivity contribution in [3.8, 4) is 11.5 Å². The molecule has 6 rings (SSSR count). The molecule has 2 aromatic heterocycles. The molecule has 2 unspecified atom stereocenters. The molecule has 59 heavy (non-hydrogen) atoms. The molecule has 0 fully saturated rings.